The van der Waals surface area contributed by atoms with Gasteiger partial charge >= 0.3 is 6.09 Å². The largest absolute Gasteiger partial charge is 0.497 e. The Hall–Kier alpha value is -2.64. The number of nitrogens with one attached hydrogen (secondary N) is 1. The van der Waals surface area contributed by atoms with E-state index in [1.165, 1.54) is 7.11 Å². The average Bonchev–Trinajstić information content (AvgIpc) is 3.13. The number of aromatic nitrogens is 4. The van der Waals surface area contributed by atoms with E-state index in [2.05, 4.69) is 20.8 Å². The van der Waals surface area contributed by atoms with E-state index in [0.29, 0.717) is 11.6 Å². The van der Waals surface area contributed by atoms with Gasteiger partial charge in [0.2, 0.25) is 0 Å². The van der Waals surface area contributed by atoms with Gasteiger partial charge in [-0.2, -0.15) is 4.68 Å². The first kappa shape index (κ1) is 16.2. The molecule has 1 aromatic carbocycles. The molecule has 1 heterocycles. The van der Waals surface area contributed by atoms with E-state index in [9.17, 15) is 4.79 Å². The number of hydrogen-bond acceptors (Lipinski definition) is 6. The molecule has 3 rings (SSSR count). The molecule has 0 saturated heterocycles. The second-order valence-electron chi connectivity index (χ2n) is 5.88. The van der Waals surface area contributed by atoms with Crippen LogP contribution in [0.15, 0.2) is 24.3 Å². The number of tetrazole rings is 1. The average molecular weight is 331 g/mol. The van der Waals surface area contributed by atoms with Gasteiger partial charge in [0.15, 0.2) is 5.82 Å². The number of amides is 1. The molecule has 1 saturated carbocycles. The molecule has 1 aliphatic rings. The molecule has 0 aliphatic heterocycles. The third kappa shape index (κ3) is 3.04. The predicted octanol–water partition coefficient (Wildman–Crippen LogP) is 2.19. The lowest BCUT2D eigenvalue weighted by Gasteiger charge is -2.36. The fraction of sp³-hybridized carbons (Fsp3) is 0.500. The lowest BCUT2D eigenvalue weighted by Crippen LogP contribution is -2.49. The summed E-state index contributed by atoms with van der Waals surface area (Å²) < 4.78 is 11.7. The first-order valence-corrected chi connectivity index (χ1v) is 7.98. The second kappa shape index (κ2) is 6.86. The van der Waals surface area contributed by atoms with E-state index in [1.54, 1.807) is 11.8 Å². The van der Waals surface area contributed by atoms with Crippen molar-refractivity contribution in [2.24, 2.45) is 0 Å². The molecule has 0 unspecified atom stereocenters. The van der Waals surface area contributed by atoms with Gasteiger partial charge < -0.3 is 14.8 Å². The highest BCUT2D eigenvalue weighted by Gasteiger charge is 2.41. The van der Waals surface area contributed by atoms with Crippen molar-refractivity contribution in [1.29, 1.82) is 0 Å². The Kier molecular flexibility index (Phi) is 4.64. The zero-order chi connectivity index (χ0) is 17.0. The normalized spacial score (nSPS) is 16.4. The highest BCUT2D eigenvalue weighted by molar-refractivity contribution is 5.68. The Morgan fingerprint density at radius 3 is 2.75 bits per heavy atom. The molecule has 24 heavy (non-hydrogen) atoms. The summed E-state index contributed by atoms with van der Waals surface area (Å²) in [6.45, 7) is 0. The fourth-order valence-corrected chi connectivity index (χ4v) is 3.21. The highest BCUT2D eigenvalue weighted by atomic mass is 16.5. The predicted molar refractivity (Wildman–Crippen MR) is 86.0 cm³/mol. The molecule has 8 nitrogen and oxygen atoms in total. The van der Waals surface area contributed by atoms with Gasteiger partial charge in [0, 0.05) is 6.07 Å². The van der Waals surface area contributed by atoms with E-state index >= 15 is 0 Å². The summed E-state index contributed by atoms with van der Waals surface area (Å²) in [5.74, 6) is 1.33. The van der Waals surface area contributed by atoms with E-state index in [0.717, 1.165) is 37.8 Å². The van der Waals surface area contributed by atoms with Gasteiger partial charge in [0.1, 0.15) is 11.3 Å². The summed E-state index contributed by atoms with van der Waals surface area (Å²) in [5, 5.41) is 15.1. The summed E-state index contributed by atoms with van der Waals surface area (Å²) in [6, 6.07) is 7.49. The minimum absolute atomic E-state index is 0.475. The molecule has 1 aliphatic carbocycles. The van der Waals surface area contributed by atoms with E-state index in [1.807, 2.05) is 24.3 Å². The molecular formula is C16H21N5O3. The first-order valence-electron chi connectivity index (χ1n) is 7.98. The molecular weight excluding hydrogens is 310 g/mol. The van der Waals surface area contributed by atoms with Crippen LogP contribution in [0.25, 0.3) is 5.69 Å². The van der Waals surface area contributed by atoms with Crippen LogP contribution in [0.2, 0.25) is 0 Å². The fourth-order valence-electron chi connectivity index (χ4n) is 3.21. The standard InChI is InChI=1S/C16H21N5O3/c1-23-13-8-6-7-12(11-13)21-14(18-19-20-21)16(17-15(22)24-2)9-4-3-5-10-16/h6-8,11H,3-5,9-10H2,1-2H3,(H,17,22). The van der Waals surface area contributed by atoms with Crippen LogP contribution in [0.3, 0.4) is 0 Å². The molecule has 0 radical (unpaired) electrons. The Labute approximate surface area is 140 Å². The molecule has 0 spiro atoms. The van der Waals surface area contributed by atoms with Crippen molar-refractivity contribution in [2.75, 3.05) is 14.2 Å². The van der Waals surface area contributed by atoms with Gasteiger partial charge in [0.05, 0.1) is 19.9 Å². The maximum absolute atomic E-state index is 11.9. The zero-order valence-corrected chi connectivity index (χ0v) is 13.9. The highest BCUT2D eigenvalue weighted by Crippen LogP contribution is 2.36. The summed E-state index contributed by atoms with van der Waals surface area (Å²) >= 11 is 0. The van der Waals surface area contributed by atoms with Crippen LogP contribution in [0.5, 0.6) is 5.75 Å². The van der Waals surface area contributed by atoms with Gasteiger partial charge in [-0.15, -0.1) is 5.10 Å². The number of benzene rings is 1. The lowest BCUT2D eigenvalue weighted by atomic mass is 9.81. The Balaban J connectivity index is 2.03. The monoisotopic (exact) mass is 331 g/mol. The molecule has 1 aromatic heterocycles. The molecule has 0 bridgehead atoms. The van der Waals surface area contributed by atoms with Crippen molar-refractivity contribution in [3.8, 4) is 11.4 Å². The quantitative estimate of drug-likeness (QED) is 0.923. The molecule has 8 heteroatoms. The molecule has 1 N–H and O–H groups in total. The van der Waals surface area contributed by atoms with Crippen LogP contribution >= 0.6 is 0 Å². The Morgan fingerprint density at radius 1 is 1.25 bits per heavy atom. The van der Waals surface area contributed by atoms with Crippen molar-refractivity contribution in [1.82, 2.24) is 25.5 Å². The van der Waals surface area contributed by atoms with Crippen LogP contribution in [-0.4, -0.2) is 40.5 Å². The molecule has 128 valence electrons. The number of alkyl carbamates (subject to hydrolysis) is 1. The van der Waals surface area contributed by atoms with E-state index in [-0.39, 0.29) is 0 Å². The molecule has 2 aromatic rings. The van der Waals surface area contributed by atoms with Crippen LogP contribution < -0.4 is 10.1 Å². The Bertz CT molecular complexity index is 709. The van der Waals surface area contributed by atoms with Crippen LogP contribution in [0, 0.1) is 0 Å². The van der Waals surface area contributed by atoms with Crippen LogP contribution in [-0.2, 0) is 10.3 Å². The number of methoxy groups -OCH3 is 2. The van der Waals surface area contributed by atoms with Gasteiger partial charge in [-0.3, -0.25) is 0 Å². The third-order valence-electron chi connectivity index (χ3n) is 4.43. The number of hydrogen-bond donors (Lipinski definition) is 1. The smallest absolute Gasteiger partial charge is 0.407 e. The maximum atomic E-state index is 11.9. The SMILES string of the molecule is COC(=O)NC1(c2nnnn2-c2cccc(OC)c2)CCCCC1. The third-order valence-corrected chi connectivity index (χ3v) is 4.43. The van der Waals surface area contributed by atoms with Crippen molar-refractivity contribution < 1.29 is 14.3 Å². The van der Waals surface area contributed by atoms with Gasteiger partial charge in [-0.05, 0) is 35.4 Å². The second-order valence-corrected chi connectivity index (χ2v) is 5.88. The summed E-state index contributed by atoms with van der Waals surface area (Å²) in [6.07, 6.45) is 4.19. The topological polar surface area (TPSA) is 91.2 Å². The van der Waals surface area contributed by atoms with E-state index < -0.39 is 11.6 Å². The van der Waals surface area contributed by atoms with Crippen molar-refractivity contribution in [3.05, 3.63) is 30.1 Å². The van der Waals surface area contributed by atoms with Crippen molar-refractivity contribution in [3.63, 3.8) is 0 Å². The number of nitrogens with zero attached hydrogens (tertiary/aromatic N) is 4. The number of ether oxygens (including phenoxy) is 2. The van der Waals surface area contributed by atoms with Gasteiger partial charge in [-0.25, -0.2) is 4.79 Å². The summed E-state index contributed by atoms with van der Waals surface area (Å²) in [4.78, 5) is 11.9. The van der Waals surface area contributed by atoms with Gasteiger partial charge in [-0.1, -0.05) is 25.3 Å². The van der Waals surface area contributed by atoms with Crippen LogP contribution in [0.4, 0.5) is 4.79 Å². The van der Waals surface area contributed by atoms with E-state index in [4.69, 9.17) is 9.47 Å². The van der Waals surface area contributed by atoms with Gasteiger partial charge in [0.25, 0.3) is 0 Å². The molecule has 0 atom stereocenters. The zero-order valence-electron chi connectivity index (χ0n) is 13.9. The minimum Gasteiger partial charge on any atom is -0.497 e. The minimum atomic E-state index is -0.627. The number of carbonyl (C=O) groups is 1. The first-order chi connectivity index (χ1) is 11.7. The summed E-state index contributed by atoms with van der Waals surface area (Å²) in [5.41, 5.74) is 0.156. The molecule has 1 amide bonds. The Morgan fingerprint density at radius 2 is 2.04 bits per heavy atom. The number of carbonyl (C=O) groups excluding carboxylic acids is 1. The summed E-state index contributed by atoms with van der Waals surface area (Å²) in [7, 11) is 2.97. The van der Waals surface area contributed by atoms with Crippen LogP contribution in [0.1, 0.15) is 37.9 Å². The maximum Gasteiger partial charge on any atom is 0.407 e. The van der Waals surface area contributed by atoms with Crippen molar-refractivity contribution >= 4 is 6.09 Å². The molecule has 1 fully saturated rings. The lowest BCUT2D eigenvalue weighted by molar-refractivity contribution is 0.139. The number of rotatable bonds is 4. The van der Waals surface area contributed by atoms with Crippen molar-refractivity contribution in [2.45, 2.75) is 37.6 Å².